The third kappa shape index (κ3) is 3.89. The van der Waals surface area contributed by atoms with E-state index < -0.39 is 0 Å². The van der Waals surface area contributed by atoms with Crippen molar-refractivity contribution >= 4 is 27.5 Å². The van der Waals surface area contributed by atoms with E-state index in [1.807, 2.05) is 42.5 Å². The number of hydrogen-bond acceptors (Lipinski definition) is 4. The highest BCUT2D eigenvalue weighted by molar-refractivity contribution is 9.10. The van der Waals surface area contributed by atoms with E-state index in [1.165, 1.54) is 5.01 Å². The van der Waals surface area contributed by atoms with E-state index in [0.717, 1.165) is 10.0 Å². The molecule has 1 heterocycles. The molecule has 3 aromatic carbocycles. The molecule has 1 aliphatic rings. The number of methoxy groups -OCH3 is 1. The van der Waals surface area contributed by atoms with Gasteiger partial charge in [0, 0.05) is 28.1 Å². The Morgan fingerprint density at radius 2 is 1.83 bits per heavy atom. The number of ether oxygens (including phenoxy) is 1. The molecule has 0 radical (unpaired) electrons. The van der Waals surface area contributed by atoms with Crippen LogP contribution in [0.2, 0.25) is 0 Å². The molecule has 6 heteroatoms. The van der Waals surface area contributed by atoms with Crippen molar-refractivity contribution < 1.29 is 14.6 Å². The number of phenolic OH excluding ortho intramolecular Hbond substituents is 1. The topological polar surface area (TPSA) is 62.1 Å². The zero-order chi connectivity index (χ0) is 20.4. The highest BCUT2D eigenvalue weighted by Gasteiger charge is 2.34. The second-order valence-corrected chi connectivity index (χ2v) is 7.63. The van der Waals surface area contributed by atoms with Gasteiger partial charge in [-0.1, -0.05) is 46.3 Å². The van der Waals surface area contributed by atoms with E-state index in [9.17, 15) is 9.90 Å². The summed E-state index contributed by atoms with van der Waals surface area (Å²) in [7, 11) is 1.55. The van der Waals surface area contributed by atoms with Gasteiger partial charge < -0.3 is 9.84 Å². The molecule has 1 amide bonds. The maximum atomic E-state index is 13.2. The molecule has 0 spiro atoms. The fourth-order valence-electron chi connectivity index (χ4n) is 3.40. The van der Waals surface area contributed by atoms with Crippen LogP contribution in [0.15, 0.2) is 82.4 Å². The Balaban J connectivity index is 1.74. The van der Waals surface area contributed by atoms with Crippen LogP contribution < -0.4 is 4.74 Å². The Labute approximate surface area is 177 Å². The monoisotopic (exact) mass is 450 g/mol. The molecule has 146 valence electrons. The first-order valence-corrected chi connectivity index (χ1v) is 9.95. The van der Waals surface area contributed by atoms with E-state index in [1.54, 1.807) is 37.4 Å². The number of carbonyl (C=O) groups excluding carboxylic acids is 1. The number of carbonyl (C=O) groups is 1. The second kappa shape index (κ2) is 8.09. The summed E-state index contributed by atoms with van der Waals surface area (Å²) in [6.45, 7) is 0. The van der Waals surface area contributed by atoms with Gasteiger partial charge in [0.1, 0.15) is 11.5 Å². The minimum absolute atomic E-state index is 0.0756. The Morgan fingerprint density at radius 1 is 1.10 bits per heavy atom. The molecule has 1 N–H and O–H groups in total. The Kier molecular flexibility index (Phi) is 5.36. The summed E-state index contributed by atoms with van der Waals surface area (Å²) in [6.07, 6.45) is 0.500. The third-order valence-electron chi connectivity index (χ3n) is 4.91. The standard InChI is InChI=1S/C23H19BrN2O3/c1-29-18-11-12-19(22(27)13-18)20-14-21(15-7-9-17(24)10-8-15)26(25-20)23(28)16-5-3-2-4-6-16/h2-13,21,27H,14H2,1H3. The number of amides is 1. The average molecular weight is 451 g/mol. The second-order valence-electron chi connectivity index (χ2n) is 6.72. The maximum absolute atomic E-state index is 13.2. The van der Waals surface area contributed by atoms with Crippen molar-refractivity contribution in [3.05, 3.63) is 94.0 Å². The molecular weight excluding hydrogens is 432 g/mol. The first-order chi connectivity index (χ1) is 14.1. The molecular formula is C23H19BrN2O3. The van der Waals surface area contributed by atoms with E-state index in [-0.39, 0.29) is 17.7 Å². The Hall–Kier alpha value is -3.12. The predicted molar refractivity (Wildman–Crippen MR) is 115 cm³/mol. The lowest BCUT2D eigenvalue weighted by Crippen LogP contribution is -2.27. The van der Waals surface area contributed by atoms with Crippen molar-refractivity contribution in [2.45, 2.75) is 12.5 Å². The van der Waals surface area contributed by atoms with Gasteiger partial charge in [-0.3, -0.25) is 4.79 Å². The highest BCUT2D eigenvalue weighted by atomic mass is 79.9. The van der Waals surface area contributed by atoms with Gasteiger partial charge in [-0.15, -0.1) is 0 Å². The van der Waals surface area contributed by atoms with Crippen molar-refractivity contribution in [1.82, 2.24) is 5.01 Å². The van der Waals surface area contributed by atoms with Crippen molar-refractivity contribution in [3.8, 4) is 11.5 Å². The van der Waals surface area contributed by atoms with Gasteiger partial charge in [0.05, 0.1) is 18.9 Å². The van der Waals surface area contributed by atoms with Crippen LogP contribution in [0.25, 0.3) is 0 Å². The number of hydrogen-bond donors (Lipinski definition) is 1. The smallest absolute Gasteiger partial charge is 0.274 e. The summed E-state index contributed by atoms with van der Waals surface area (Å²) < 4.78 is 6.13. The molecule has 4 rings (SSSR count). The largest absolute Gasteiger partial charge is 0.507 e. The minimum Gasteiger partial charge on any atom is -0.507 e. The number of benzene rings is 3. The van der Waals surface area contributed by atoms with Crippen molar-refractivity contribution in [2.24, 2.45) is 5.10 Å². The van der Waals surface area contributed by atoms with Gasteiger partial charge in [0.15, 0.2) is 0 Å². The lowest BCUT2D eigenvalue weighted by molar-refractivity contribution is 0.0711. The maximum Gasteiger partial charge on any atom is 0.274 e. The van der Waals surface area contributed by atoms with Crippen LogP contribution in [-0.4, -0.2) is 28.8 Å². The minimum atomic E-state index is -0.257. The van der Waals surface area contributed by atoms with Crippen LogP contribution in [0.3, 0.4) is 0 Å². The average Bonchev–Trinajstić information content (AvgIpc) is 3.19. The van der Waals surface area contributed by atoms with Gasteiger partial charge in [0.25, 0.3) is 5.91 Å². The van der Waals surface area contributed by atoms with Crippen LogP contribution in [0, 0.1) is 0 Å². The molecule has 1 atom stereocenters. The van der Waals surface area contributed by atoms with Crippen LogP contribution in [0.4, 0.5) is 0 Å². The van der Waals surface area contributed by atoms with Crippen molar-refractivity contribution in [1.29, 1.82) is 0 Å². The summed E-state index contributed by atoms with van der Waals surface area (Å²) in [6, 6.07) is 21.8. The van der Waals surface area contributed by atoms with Crippen molar-refractivity contribution in [3.63, 3.8) is 0 Å². The molecule has 3 aromatic rings. The number of halogens is 1. The van der Waals surface area contributed by atoms with Crippen LogP contribution >= 0.6 is 15.9 Å². The zero-order valence-corrected chi connectivity index (χ0v) is 17.3. The number of phenols is 1. The summed E-state index contributed by atoms with van der Waals surface area (Å²) in [4.78, 5) is 13.2. The molecule has 0 aromatic heterocycles. The first-order valence-electron chi connectivity index (χ1n) is 9.16. The van der Waals surface area contributed by atoms with Crippen LogP contribution in [-0.2, 0) is 0 Å². The quantitative estimate of drug-likeness (QED) is 0.597. The number of hydrazone groups is 1. The van der Waals surface area contributed by atoms with Crippen LogP contribution in [0.5, 0.6) is 11.5 Å². The van der Waals surface area contributed by atoms with E-state index in [0.29, 0.717) is 29.0 Å². The lowest BCUT2D eigenvalue weighted by atomic mass is 9.97. The van der Waals surface area contributed by atoms with Gasteiger partial charge in [-0.2, -0.15) is 5.10 Å². The van der Waals surface area contributed by atoms with Crippen molar-refractivity contribution in [2.75, 3.05) is 7.11 Å². The third-order valence-corrected chi connectivity index (χ3v) is 5.44. The fraction of sp³-hybridized carbons (Fsp3) is 0.130. The number of nitrogens with zero attached hydrogens (tertiary/aromatic N) is 2. The van der Waals surface area contributed by atoms with E-state index in [4.69, 9.17) is 4.74 Å². The summed E-state index contributed by atoms with van der Waals surface area (Å²) in [5, 5.41) is 16.6. The Bertz CT molecular complexity index is 1070. The molecule has 1 aliphatic heterocycles. The van der Waals surface area contributed by atoms with Gasteiger partial charge in [-0.05, 0) is 42.0 Å². The molecule has 0 bridgehead atoms. The normalized spacial score (nSPS) is 15.9. The summed E-state index contributed by atoms with van der Waals surface area (Å²) in [5.41, 5.74) is 2.79. The number of rotatable bonds is 4. The molecule has 0 aliphatic carbocycles. The molecule has 0 fully saturated rings. The summed E-state index contributed by atoms with van der Waals surface area (Å²) >= 11 is 3.45. The molecule has 5 nitrogen and oxygen atoms in total. The molecule has 0 saturated heterocycles. The predicted octanol–water partition coefficient (Wildman–Crippen LogP) is 5.15. The molecule has 29 heavy (non-hydrogen) atoms. The van der Waals surface area contributed by atoms with Gasteiger partial charge in [-0.25, -0.2) is 5.01 Å². The Morgan fingerprint density at radius 3 is 2.48 bits per heavy atom. The number of aromatic hydroxyl groups is 1. The van der Waals surface area contributed by atoms with Crippen LogP contribution in [0.1, 0.15) is 33.9 Å². The lowest BCUT2D eigenvalue weighted by Gasteiger charge is -2.22. The SMILES string of the molecule is COc1ccc(C2=NN(C(=O)c3ccccc3)C(c3ccc(Br)cc3)C2)c(O)c1. The first kappa shape index (κ1) is 19.2. The zero-order valence-electron chi connectivity index (χ0n) is 15.7. The summed E-state index contributed by atoms with van der Waals surface area (Å²) in [5.74, 6) is 0.458. The van der Waals surface area contributed by atoms with Gasteiger partial charge in [0.2, 0.25) is 0 Å². The fourth-order valence-corrected chi connectivity index (χ4v) is 3.66. The molecule has 1 unspecified atom stereocenters. The highest BCUT2D eigenvalue weighted by Crippen LogP contribution is 2.37. The van der Waals surface area contributed by atoms with E-state index >= 15 is 0 Å². The van der Waals surface area contributed by atoms with E-state index in [2.05, 4.69) is 21.0 Å². The van der Waals surface area contributed by atoms with Gasteiger partial charge >= 0.3 is 0 Å². The molecule has 0 saturated carbocycles.